The lowest BCUT2D eigenvalue weighted by atomic mass is 10.2. The average molecular weight is 274 g/mol. The predicted octanol–water partition coefficient (Wildman–Crippen LogP) is 0.271. The van der Waals surface area contributed by atoms with Gasteiger partial charge in [0, 0.05) is 28.9 Å². The highest BCUT2D eigenvalue weighted by Gasteiger charge is 2.37. The molecule has 0 radical (unpaired) electrons. The Morgan fingerprint density at radius 1 is 1.50 bits per heavy atom. The fourth-order valence-electron chi connectivity index (χ4n) is 1.93. The van der Waals surface area contributed by atoms with Gasteiger partial charge in [0.2, 0.25) is 11.8 Å². The number of nitrogens with zero attached hydrogens (tertiary/aromatic N) is 1. The van der Waals surface area contributed by atoms with Crippen molar-refractivity contribution in [3.05, 3.63) is 0 Å². The zero-order chi connectivity index (χ0) is 13.7. The summed E-state index contributed by atoms with van der Waals surface area (Å²) in [6, 6.07) is -0.387. The highest BCUT2D eigenvalue weighted by molar-refractivity contribution is 7.84. The van der Waals surface area contributed by atoms with E-state index in [1.165, 1.54) is 4.90 Å². The second-order valence-electron chi connectivity index (χ2n) is 4.69. The Bertz CT molecular complexity index is 346. The Morgan fingerprint density at radius 3 is 2.72 bits per heavy atom. The fraction of sp³-hybridized carbons (Fsp3) is 0.833. The molecule has 1 heterocycles. The molecule has 3 unspecified atom stereocenters. The van der Waals surface area contributed by atoms with Gasteiger partial charge < -0.3 is 5.32 Å². The summed E-state index contributed by atoms with van der Waals surface area (Å²) in [6.45, 7) is 4.98. The molecule has 3 atom stereocenters. The standard InChI is InChI=1S/C12H22N2O3S/c1-4-7-14-11(15)8-10(12(14)16)13-6-5-9(2)18(3)17/h9-10,13H,4-8H2,1-3H3. The summed E-state index contributed by atoms with van der Waals surface area (Å²) in [6.07, 6.45) is 3.46. The van der Waals surface area contributed by atoms with E-state index in [0.717, 1.165) is 12.8 Å². The van der Waals surface area contributed by atoms with Gasteiger partial charge >= 0.3 is 0 Å². The molecule has 1 aliphatic heterocycles. The van der Waals surface area contributed by atoms with Crippen LogP contribution in [-0.4, -0.2) is 51.6 Å². The van der Waals surface area contributed by atoms with Crippen LogP contribution in [0.4, 0.5) is 0 Å². The van der Waals surface area contributed by atoms with Crippen LogP contribution in [0.1, 0.15) is 33.1 Å². The molecule has 104 valence electrons. The summed E-state index contributed by atoms with van der Waals surface area (Å²) in [5.74, 6) is -0.210. The zero-order valence-corrected chi connectivity index (χ0v) is 12.1. The Kier molecular flexibility index (Phi) is 5.95. The maximum atomic E-state index is 11.9. The summed E-state index contributed by atoms with van der Waals surface area (Å²) < 4.78 is 11.2. The van der Waals surface area contributed by atoms with Crippen LogP contribution in [0.2, 0.25) is 0 Å². The number of carbonyl (C=O) groups is 2. The lowest BCUT2D eigenvalue weighted by Gasteiger charge is -2.15. The van der Waals surface area contributed by atoms with Crippen molar-refractivity contribution in [2.75, 3.05) is 19.3 Å². The molecule has 0 aromatic heterocycles. The van der Waals surface area contributed by atoms with Gasteiger partial charge in [-0.3, -0.25) is 18.7 Å². The number of likely N-dealkylation sites (tertiary alicyclic amines) is 1. The monoisotopic (exact) mass is 274 g/mol. The van der Waals surface area contributed by atoms with Crippen molar-refractivity contribution >= 4 is 22.6 Å². The number of imide groups is 1. The van der Waals surface area contributed by atoms with Gasteiger partial charge in [-0.25, -0.2) is 0 Å². The molecule has 5 nitrogen and oxygen atoms in total. The van der Waals surface area contributed by atoms with Crippen molar-refractivity contribution in [1.29, 1.82) is 0 Å². The molecule has 1 N–H and O–H groups in total. The van der Waals surface area contributed by atoms with Crippen LogP contribution in [0.5, 0.6) is 0 Å². The Labute approximate surface area is 111 Å². The van der Waals surface area contributed by atoms with E-state index in [4.69, 9.17) is 0 Å². The van der Waals surface area contributed by atoms with Crippen LogP contribution < -0.4 is 5.32 Å². The highest BCUT2D eigenvalue weighted by atomic mass is 32.2. The first-order valence-electron chi connectivity index (χ1n) is 6.37. The number of rotatable bonds is 7. The fourth-order valence-corrected chi connectivity index (χ4v) is 2.38. The molecule has 18 heavy (non-hydrogen) atoms. The van der Waals surface area contributed by atoms with Crippen molar-refractivity contribution in [2.45, 2.75) is 44.4 Å². The topological polar surface area (TPSA) is 66.5 Å². The molecular weight excluding hydrogens is 252 g/mol. The first-order valence-corrected chi connectivity index (χ1v) is 7.99. The third-order valence-electron chi connectivity index (χ3n) is 3.20. The van der Waals surface area contributed by atoms with Crippen molar-refractivity contribution in [3.63, 3.8) is 0 Å². The van der Waals surface area contributed by atoms with E-state index in [1.54, 1.807) is 6.26 Å². The average Bonchev–Trinajstić information content (AvgIpc) is 2.57. The van der Waals surface area contributed by atoms with Crippen molar-refractivity contribution in [1.82, 2.24) is 10.2 Å². The van der Waals surface area contributed by atoms with E-state index in [0.29, 0.717) is 13.1 Å². The van der Waals surface area contributed by atoms with Crippen molar-refractivity contribution in [2.24, 2.45) is 0 Å². The van der Waals surface area contributed by atoms with Gasteiger partial charge in [-0.15, -0.1) is 0 Å². The zero-order valence-electron chi connectivity index (χ0n) is 11.3. The van der Waals surface area contributed by atoms with Gasteiger partial charge in [0.05, 0.1) is 12.5 Å². The SMILES string of the molecule is CCCN1C(=O)CC(NCCC(C)S(C)=O)C1=O. The summed E-state index contributed by atoms with van der Waals surface area (Å²) >= 11 is 0. The van der Waals surface area contributed by atoms with Crippen LogP contribution in [0, 0.1) is 0 Å². The lowest BCUT2D eigenvalue weighted by Crippen LogP contribution is -2.40. The van der Waals surface area contributed by atoms with E-state index < -0.39 is 10.8 Å². The largest absolute Gasteiger partial charge is 0.305 e. The van der Waals surface area contributed by atoms with Gasteiger partial charge in [-0.1, -0.05) is 13.8 Å². The molecule has 0 aromatic rings. The molecule has 0 bridgehead atoms. The van der Waals surface area contributed by atoms with Gasteiger partial charge in [-0.2, -0.15) is 0 Å². The van der Waals surface area contributed by atoms with Gasteiger partial charge in [-0.05, 0) is 19.4 Å². The van der Waals surface area contributed by atoms with Crippen LogP contribution in [0.25, 0.3) is 0 Å². The summed E-state index contributed by atoms with van der Waals surface area (Å²) in [5.41, 5.74) is 0. The van der Waals surface area contributed by atoms with Crippen LogP contribution >= 0.6 is 0 Å². The summed E-state index contributed by atoms with van der Waals surface area (Å²) in [5, 5.41) is 3.20. The molecule has 1 saturated heterocycles. The van der Waals surface area contributed by atoms with E-state index in [-0.39, 0.29) is 29.5 Å². The minimum Gasteiger partial charge on any atom is -0.305 e. The normalized spacial score (nSPS) is 23.5. The number of amides is 2. The maximum absolute atomic E-state index is 11.9. The van der Waals surface area contributed by atoms with Crippen LogP contribution in [-0.2, 0) is 20.4 Å². The summed E-state index contributed by atoms with van der Waals surface area (Å²) in [4.78, 5) is 24.8. The first kappa shape index (κ1) is 15.3. The van der Waals surface area contributed by atoms with E-state index in [1.807, 2.05) is 13.8 Å². The number of hydrogen-bond acceptors (Lipinski definition) is 4. The molecular formula is C12H22N2O3S. The van der Waals surface area contributed by atoms with Crippen LogP contribution in [0.3, 0.4) is 0 Å². The second-order valence-corrected chi connectivity index (χ2v) is 6.49. The number of hydrogen-bond donors (Lipinski definition) is 1. The first-order chi connectivity index (χ1) is 8.47. The van der Waals surface area contributed by atoms with E-state index >= 15 is 0 Å². The lowest BCUT2D eigenvalue weighted by molar-refractivity contribution is -0.138. The maximum Gasteiger partial charge on any atom is 0.246 e. The number of nitrogens with one attached hydrogen (secondary N) is 1. The van der Waals surface area contributed by atoms with Crippen molar-refractivity contribution in [3.8, 4) is 0 Å². The molecule has 0 spiro atoms. The van der Waals surface area contributed by atoms with Gasteiger partial charge in [0.1, 0.15) is 0 Å². The second kappa shape index (κ2) is 6.99. The molecule has 1 rings (SSSR count). The molecule has 0 aliphatic carbocycles. The Balaban J connectivity index is 2.38. The molecule has 1 fully saturated rings. The van der Waals surface area contributed by atoms with Gasteiger partial charge in [0.25, 0.3) is 0 Å². The minimum atomic E-state index is -0.841. The third-order valence-corrected chi connectivity index (χ3v) is 4.57. The molecule has 1 aliphatic rings. The van der Waals surface area contributed by atoms with Gasteiger partial charge in [0.15, 0.2) is 0 Å². The van der Waals surface area contributed by atoms with Crippen molar-refractivity contribution < 1.29 is 13.8 Å². The molecule has 0 saturated carbocycles. The molecule has 0 aromatic carbocycles. The summed E-state index contributed by atoms with van der Waals surface area (Å²) in [7, 11) is -0.841. The predicted molar refractivity (Wildman–Crippen MR) is 71.6 cm³/mol. The van der Waals surface area contributed by atoms with E-state index in [2.05, 4.69) is 5.32 Å². The minimum absolute atomic E-state index is 0.0912. The number of carbonyl (C=O) groups excluding carboxylic acids is 2. The highest BCUT2D eigenvalue weighted by Crippen LogP contribution is 2.13. The molecule has 2 amide bonds. The Hall–Kier alpha value is -0.750. The third kappa shape index (κ3) is 3.88. The van der Waals surface area contributed by atoms with Crippen LogP contribution in [0.15, 0.2) is 0 Å². The molecule has 6 heteroatoms. The quantitative estimate of drug-likeness (QED) is 0.677. The Morgan fingerprint density at radius 2 is 2.17 bits per heavy atom. The smallest absolute Gasteiger partial charge is 0.246 e. The van der Waals surface area contributed by atoms with E-state index in [9.17, 15) is 13.8 Å².